The van der Waals surface area contributed by atoms with Gasteiger partial charge in [-0.2, -0.15) is 0 Å². The molecular formula is C65H126ClN. The zero-order valence-electron chi connectivity index (χ0n) is 47.4. The average Bonchev–Trinajstić information content (AvgIpc) is 3.31. The van der Waals surface area contributed by atoms with Crippen LogP contribution >= 0.6 is 0 Å². The highest BCUT2D eigenvalue weighted by atomic mass is 35.5. The van der Waals surface area contributed by atoms with Crippen molar-refractivity contribution in [1.29, 1.82) is 0 Å². The summed E-state index contributed by atoms with van der Waals surface area (Å²) >= 11 is 0. The van der Waals surface area contributed by atoms with E-state index in [4.69, 9.17) is 0 Å². The van der Waals surface area contributed by atoms with Crippen molar-refractivity contribution >= 4 is 0 Å². The van der Waals surface area contributed by atoms with E-state index >= 15 is 0 Å². The number of benzene rings is 1. The van der Waals surface area contributed by atoms with Crippen LogP contribution in [0.15, 0.2) is 30.3 Å². The number of halogens is 1. The smallest absolute Gasteiger partial charge is 0.104 e. The molecule has 0 aliphatic heterocycles. The van der Waals surface area contributed by atoms with Gasteiger partial charge in [-0.05, 0) is 44.4 Å². The molecule has 0 radical (unpaired) electrons. The molecule has 0 heterocycles. The molecule has 0 bridgehead atoms. The predicted octanol–water partition coefficient (Wildman–Crippen LogP) is 20.2. The second-order valence-electron chi connectivity index (χ2n) is 23.7. The van der Waals surface area contributed by atoms with Crippen molar-refractivity contribution in [2.45, 2.75) is 361 Å². The third-order valence-corrected chi connectivity index (χ3v) is 16.5. The lowest BCUT2D eigenvalue weighted by Crippen LogP contribution is -3.00. The molecule has 0 spiro atoms. The van der Waals surface area contributed by atoms with Gasteiger partial charge in [-0.25, -0.2) is 0 Å². The molecule has 0 amide bonds. The van der Waals surface area contributed by atoms with Crippen molar-refractivity contribution in [2.24, 2.45) is 5.41 Å². The number of hydrogen-bond donors (Lipinski definition) is 0. The Bertz CT molecular complexity index is 1030. The van der Waals surface area contributed by atoms with Crippen molar-refractivity contribution < 1.29 is 16.9 Å². The molecule has 1 aromatic rings. The van der Waals surface area contributed by atoms with E-state index in [1.807, 2.05) is 0 Å². The zero-order valence-corrected chi connectivity index (χ0v) is 48.1. The van der Waals surface area contributed by atoms with Crippen LogP contribution in [0.3, 0.4) is 0 Å². The van der Waals surface area contributed by atoms with Crippen LogP contribution in [-0.2, 0) is 6.54 Å². The lowest BCUT2D eigenvalue weighted by Gasteiger charge is -2.36. The van der Waals surface area contributed by atoms with Gasteiger partial charge in [0, 0.05) is 5.56 Å². The van der Waals surface area contributed by atoms with Gasteiger partial charge in [0.15, 0.2) is 0 Å². The Labute approximate surface area is 431 Å². The topological polar surface area (TPSA) is 0 Å². The maximum Gasteiger partial charge on any atom is 0.104 e. The molecule has 398 valence electrons. The molecule has 0 aliphatic rings. The molecule has 1 aromatic carbocycles. The van der Waals surface area contributed by atoms with Crippen LogP contribution in [0.1, 0.15) is 354 Å². The molecule has 0 N–H and O–H groups in total. The van der Waals surface area contributed by atoms with E-state index in [2.05, 4.69) is 72.1 Å². The summed E-state index contributed by atoms with van der Waals surface area (Å²) in [6.07, 6.45) is 73.5. The van der Waals surface area contributed by atoms with Gasteiger partial charge in [0.1, 0.15) is 6.54 Å². The summed E-state index contributed by atoms with van der Waals surface area (Å²) in [5.74, 6) is 0. The minimum absolute atomic E-state index is 0. The van der Waals surface area contributed by atoms with Crippen LogP contribution in [0.25, 0.3) is 0 Å². The number of hydrogen-bond acceptors (Lipinski definition) is 0. The van der Waals surface area contributed by atoms with E-state index in [-0.39, 0.29) is 12.4 Å². The number of rotatable bonds is 54. The fraction of sp³-hybridized carbons (Fsp3) is 0.908. The van der Waals surface area contributed by atoms with Crippen LogP contribution in [0.2, 0.25) is 0 Å². The number of unbranched alkanes of at least 4 members (excludes halogenated alkanes) is 43. The minimum atomic E-state index is 0. The Morgan fingerprint density at radius 2 is 0.567 bits per heavy atom. The van der Waals surface area contributed by atoms with Crippen molar-refractivity contribution in [2.75, 3.05) is 14.1 Å². The summed E-state index contributed by atoms with van der Waals surface area (Å²) in [6, 6.07) is 11.8. The summed E-state index contributed by atoms with van der Waals surface area (Å²) in [5.41, 5.74) is 2.07. The van der Waals surface area contributed by atoms with Gasteiger partial charge in [0.05, 0.1) is 20.1 Å². The Morgan fingerprint density at radius 3 is 0.821 bits per heavy atom. The molecule has 0 aliphatic carbocycles. The van der Waals surface area contributed by atoms with Crippen molar-refractivity contribution in [3.63, 3.8) is 0 Å². The fourth-order valence-electron chi connectivity index (χ4n) is 11.2. The number of quaternary nitrogens is 1. The molecule has 1 atom stereocenters. The van der Waals surface area contributed by atoms with Crippen LogP contribution in [0, 0.1) is 5.41 Å². The van der Waals surface area contributed by atoms with Crippen molar-refractivity contribution in [1.82, 2.24) is 0 Å². The summed E-state index contributed by atoms with van der Waals surface area (Å²) in [6.45, 7) is 11.0. The molecule has 1 rings (SSSR count). The van der Waals surface area contributed by atoms with E-state index in [1.54, 1.807) is 0 Å². The molecule has 0 saturated carbocycles. The van der Waals surface area contributed by atoms with Crippen molar-refractivity contribution in [3.8, 4) is 0 Å². The third-order valence-electron chi connectivity index (χ3n) is 16.5. The Kier molecular flexibility index (Phi) is 50.0. The molecule has 67 heavy (non-hydrogen) atoms. The maximum atomic E-state index is 2.71. The highest BCUT2D eigenvalue weighted by Crippen LogP contribution is 2.37. The highest BCUT2D eigenvalue weighted by molar-refractivity contribution is 5.13. The largest absolute Gasteiger partial charge is 1.00 e. The van der Waals surface area contributed by atoms with E-state index in [0.717, 1.165) is 17.1 Å². The minimum Gasteiger partial charge on any atom is -1.00 e. The summed E-state index contributed by atoms with van der Waals surface area (Å²) in [7, 11) is 4.83. The van der Waals surface area contributed by atoms with Gasteiger partial charge >= 0.3 is 0 Å². The molecule has 0 aromatic heterocycles. The quantitative estimate of drug-likeness (QED) is 0.0451. The van der Waals surface area contributed by atoms with Gasteiger partial charge in [-0.3, -0.25) is 0 Å². The normalized spacial score (nSPS) is 12.5. The van der Waals surface area contributed by atoms with Crippen LogP contribution in [0.4, 0.5) is 0 Å². The third kappa shape index (κ3) is 45.1. The number of nitrogens with zero attached hydrogens (tertiary/aromatic N) is 1. The standard InChI is InChI=1S/C65H126N.ClH/c1-7-9-11-13-15-17-19-21-23-26-30-34-38-42-46-53-59-65(4,60-54-47-43-39-35-31-27-24-22-20-18-16-14-12-10-8-2)61-55-48-44-40-36-32-28-25-29-33-37-41-45-50-56-63(3)66(5,6)62-64-57-51-49-52-58-64;/h49,51-52,57-58,63H,7-48,50,53-56,59-62H2,1-6H3;1H/q+1;/p-1. The first-order valence-corrected chi connectivity index (χ1v) is 31.2. The molecule has 2 heteroatoms. The molecule has 0 fully saturated rings. The first-order chi connectivity index (χ1) is 32.3. The lowest BCUT2D eigenvalue weighted by molar-refractivity contribution is -0.926. The Balaban J connectivity index is 0.0000436. The van der Waals surface area contributed by atoms with Crippen LogP contribution in [0.5, 0.6) is 0 Å². The molecule has 1 nitrogen and oxygen atoms in total. The molecule has 0 saturated heterocycles. The average molecular weight is 957 g/mol. The highest BCUT2D eigenvalue weighted by Gasteiger charge is 2.24. The van der Waals surface area contributed by atoms with Gasteiger partial charge in [0.25, 0.3) is 0 Å². The maximum absolute atomic E-state index is 2.71. The second kappa shape index (κ2) is 50.4. The van der Waals surface area contributed by atoms with Gasteiger partial charge in [-0.1, -0.05) is 340 Å². The van der Waals surface area contributed by atoms with Gasteiger partial charge in [0.2, 0.25) is 0 Å². The SMILES string of the molecule is CCCCCCCCCCCCCCCCCCC(C)(CCCCCCCCCCCCCCCCCC)CCCCCCCCCCCCCCCCC(C)[N+](C)(C)Cc1ccccc1.[Cl-]. The van der Waals surface area contributed by atoms with Gasteiger partial charge in [-0.15, -0.1) is 0 Å². The first-order valence-electron chi connectivity index (χ1n) is 31.2. The monoisotopic (exact) mass is 956 g/mol. The molecular weight excluding hydrogens is 830 g/mol. The first kappa shape index (κ1) is 66.5. The van der Waals surface area contributed by atoms with Gasteiger partial charge < -0.3 is 16.9 Å². The Morgan fingerprint density at radius 1 is 0.343 bits per heavy atom. The van der Waals surface area contributed by atoms with Crippen LogP contribution < -0.4 is 12.4 Å². The lowest BCUT2D eigenvalue weighted by atomic mass is 9.75. The summed E-state index contributed by atoms with van der Waals surface area (Å²) in [5, 5.41) is 0. The fourth-order valence-corrected chi connectivity index (χ4v) is 11.2. The predicted molar refractivity (Wildman–Crippen MR) is 302 cm³/mol. The van der Waals surface area contributed by atoms with Crippen LogP contribution in [-0.4, -0.2) is 24.6 Å². The zero-order chi connectivity index (χ0) is 47.8. The van der Waals surface area contributed by atoms with E-state index in [1.165, 1.54) is 327 Å². The van der Waals surface area contributed by atoms with Crippen molar-refractivity contribution in [3.05, 3.63) is 35.9 Å². The summed E-state index contributed by atoms with van der Waals surface area (Å²) in [4.78, 5) is 0. The van der Waals surface area contributed by atoms with E-state index < -0.39 is 0 Å². The Hall–Kier alpha value is -0.530. The van der Waals surface area contributed by atoms with E-state index in [9.17, 15) is 0 Å². The second-order valence-corrected chi connectivity index (χ2v) is 23.7. The molecule has 1 unspecified atom stereocenters. The van der Waals surface area contributed by atoms with E-state index in [0.29, 0.717) is 5.41 Å². The summed E-state index contributed by atoms with van der Waals surface area (Å²) < 4.78 is 1.10.